The van der Waals surface area contributed by atoms with Crippen molar-refractivity contribution in [2.75, 3.05) is 12.3 Å². The average Bonchev–Trinajstić information content (AvgIpc) is 2.55. The number of hydrogen-bond donors (Lipinski definition) is 1. The molecule has 1 aliphatic heterocycles. The van der Waals surface area contributed by atoms with Gasteiger partial charge in [-0.25, -0.2) is 0 Å². The molecule has 0 unspecified atom stereocenters. The molecule has 2 aromatic carbocycles. The van der Waals surface area contributed by atoms with Crippen LogP contribution in [0, 0.1) is 11.8 Å². The predicted molar refractivity (Wildman–Crippen MR) is 89.5 cm³/mol. The second kappa shape index (κ2) is 6.24. The zero-order chi connectivity index (χ0) is 14.5. The van der Waals surface area contributed by atoms with E-state index in [9.17, 15) is 0 Å². The van der Waals surface area contributed by atoms with Gasteiger partial charge in [-0.1, -0.05) is 36.2 Å². The van der Waals surface area contributed by atoms with Crippen LogP contribution in [0.15, 0.2) is 54.5 Å². The summed E-state index contributed by atoms with van der Waals surface area (Å²) in [5, 5.41) is 3.49. The number of ether oxygens (including phenoxy) is 1. The Morgan fingerprint density at radius 1 is 1.10 bits per heavy atom. The van der Waals surface area contributed by atoms with Crippen LogP contribution in [0.4, 0.5) is 5.69 Å². The molecule has 0 aromatic heterocycles. The van der Waals surface area contributed by atoms with Gasteiger partial charge in [0.2, 0.25) is 0 Å². The first kappa shape index (κ1) is 13.4. The summed E-state index contributed by atoms with van der Waals surface area (Å²) in [7, 11) is 1.67. The number of benzene rings is 2. The summed E-state index contributed by atoms with van der Waals surface area (Å²) in [5.74, 6) is 9.45. The molecule has 1 heterocycles. The van der Waals surface area contributed by atoms with Gasteiger partial charge in [0, 0.05) is 17.6 Å². The Morgan fingerprint density at radius 2 is 1.90 bits per heavy atom. The number of anilines is 1. The van der Waals surface area contributed by atoms with Crippen molar-refractivity contribution in [1.29, 1.82) is 0 Å². The highest BCUT2D eigenvalue weighted by Gasteiger charge is 2.14. The Balaban J connectivity index is 1.63. The highest BCUT2D eigenvalue weighted by Crippen LogP contribution is 2.22. The Morgan fingerprint density at radius 3 is 2.71 bits per heavy atom. The third-order valence-corrected chi connectivity index (χ3v) is 3.45. The number of rotatable bonds is 2. The zero-order valence-corrected chi connectivity index (χ0v) is 12.0. The van der Waals surface area contributed by atoms with E-state index in [2.05, 4.69) is 47.3 Å². The second-order valence-corrected chi connectivity index (χ2v) is 4.93. The van der Waals surface area contributed by atoms with Crippen molar-refractivity contribution in [3.63, 3.8) is 0 Å². The van der Waals surface area contributed by atoms with E-state index in [-0.39, 0.29) is 6.85 Å². The molecule has 1 aliphatic rings. The van der Waals surface area contributed by atoms with E-state index in [0.29, 0.717) is 0 Å². The maximum absolute atomic E-state index is 5.13. The number of nitrogens with one attached hydrogen (secondary N) is 1. The minimum Gasteiger partial charge on any atom is -0.497 e. The van der Waals surface area contributed by atoms with Crippen molar-refractivity contribution in [1.82, 2.24) is 0 Å². The van der Waals surface area contributed by atoms with Crippen LogP contribution in [-0.2, 0) is 0 Å². The summed E-state index contributed by atoms with van der Waals surface area (Å²) in [6.07, 6.45) is 2.95. The number of para-hydroxylation sites is 1. The van der Waals surface area contributed by atoms with E-state index >= 15 is 0 Å². The van der Waals surface area contributed by atoms with Crippen LogP contribution < -0.4 is 9.96 Å². The minimum atomic E-state index is 0.269. The van der Waals surface area contributed by atoms with Crippen LogP contribution in [0.2, 0.25) is 6.32 Å². The molecule has 102 valence electrons. The molecule has 3 rings (SSSR count). The molecule has 3 heteroatoms. The molecule has 0 amide bonds. The van der Waals surface area contributed by atoms with Crippen molar-refractivity contribution in [3.8, 4) is 17.6 Å². The molecule has 2 nitrogen and oxygen atoms in total. The van der Waals surface area contributed by atoms with Gasteiger partial charge in [0.1, 0.15) is 5.75 Å². The first-order chi connectivity index (χ1) is 10.3. The van der Waals surface area contributed by atoms with E-state index in [0.717, 1.165) is 17.6 Å². The molecule has 0 fully saturated rings. The lowest BCUT2D eigenvalue weighted by molar-refractivity contribution is 0.415. The normalized spacial score (nSPS) is 12.0. The fourth-order valence-electron chi connectivity index (χ4n) is 2.30. The molecule has 0 aliphatic carbocycles. The van der Waals surface area contributed by atoms with Gasteiger partial charge in [0.05, 0.1) is 7.11 Å². The molecule has 0 radical (unpaired) electrons. The second-order valence-electron chi connectivity index (χ2n) is 4.93. The molecular formula is C18H16BNO. The monoisotopic (exact) mass is 273 g/mol. The SMILES string of the molecule is COc1ccc(C#CCB2C=Cc3ccccc3N2)cc1. The van der Waals surface area contributed by atoms with Crippen LogP contribution >= 0.6 is 0 Å². The van der Waals surface area contributed by atoms with Gasteiger partial charge in [-0.2, -0.15) is 0 Å². The molecule has 0 saturated carbocycles. The predicted octanol–water partition coefficient (Wildman–Crippen LogP) is 3.72. The van der Waals surface area contributed by atoms with Crippen LogP contribution in [0.5, 0.6) is 5.75 Å². The lowest BCUT2D eigenvalue weighted by Gasteiger charge is -2.17. The Kier molecular flexibility index (Phi) is 3.98. The first-order valence-corrected chi connectivity index (χ1v) is 7.02. The van der Waals surface area contributed by atoms with Gasteiger partial charge in [-0.3, -0.25) is 0 Å². The molecule has 0 spiro atoms. The number of hydrogen-bond acceptors (Lipinski definition) is 2. The van der Waals surface area contributed by atoms with Gasteiger partial charge >= 0.3 is 0 Å². The van der Waals surface area contributed by atoms with Gasteiger partial charge in [0.15, 0.2) is 0 Å². The van der Waals surface area contributed by atoms with E-state index in [1.807, 2.05) is 30.3 Å². The Hall–Kier alpha value is -2.60. The summed E-state index contributed by atoms with van der Waals surface area (Å²) >= 11 is 0. The summed E-state index contributed by atoms with van der Waals surface area (Å²) in [4.78, 5) is 0. The highest BCUT2D eigenvalue weighted by molar-refractivity contribution is 6.69. The van der Waals surface area contributed by atoms with Gasteiger partial charge in [-0.05, 0) is 35.9 Å². The lowest BCUT2D eigenvalue weighted by Crippen LogP contribution is -2.24. The minimum absolute atomic E-state index is 0.269. The quantitative estimate of drug-likeness (QED) is 0.665. The maximum atomic E-state index is 5.13. The summed E-state index contributed by atoms with van der Waals surface area (Å²) in [6, 6.07) is 16.1. The fraction of sp³-hybridized carbons (Fsp3) is 0.111. The van der Waals surface area contributed by atoms with Gasteiger partial charge < -0.3 is 9.96 Å². The van der Waals surface area contributed by atoms with Crippen LogP contribution in [0.3, 0.4) is 0 Å². The third kappa shape index (κ3) is 3.30. The largest absolute Gasteiger partial charge is 0.497 e. The average molecular weight is 273 g/mol. The van der Waals surface area contributed by atoms with Crippen LogP contribution in [0.1, 0.15) is 11.1 Å². The van der Waals surface area contributed by atoms with Gasteiger partial charge in [0.25, 0.3) is 6.85 Å². The van der Waals surface area contributed by atoms with Gasteiger partial charge in [-0.15, -0.1) is 5.92 Å². The van der Waals surface area contributed by atoms with Crippen molar-refractivity contribution in [2.45, 2.75) is 6.32 Å². The van der Waals surface area contributed by atoms with Crippen molar-refractivity contribution in [2.24, 2.45) is 0 Å². The number of fused-ring (bicyclic) bond motifs is 1. The molecule has 2 aromatic rings. The van der Waals surface area contributed by atoms with E-state index in [1.165, 1.54) is 11.3 Å². The molecule has 21 heavy (non-hydrogen) atoms. The standard InChI is InChI=1S/C18H16BNO/c1-21-17-10-8-15(9-11-17)5-4-13-19-14-12-16-6-2-3-7-18(16)20-19/h2-3,6-12,14,20H,13H2,1H3. The first-order valence-electron chi connectivity index (χ1n) is 7.02. The van der Waals surface area contributed by atoms with Crippen LogP contribution in [-0.4, -0.2) is 14.0 Å². The summed E-state index contributed by atoms with van der Waals surface area (Å²) < 4.78 is 5.13. The maximum Gasteiger partial charge on any atom is 0.291 e. The Bertz CT molecular complexity index is 710. The number of methoxy groups -OCH3 is 1. The van der Waals surface area contributed by atoms with Crippen molar-refractivity contribution >= 4 is 18.6 Å². The topological polar surface area (TPSA) is 21.3 Å². The Labute approximate surface area is 125 Å². The lowest BCUT2D eigenvalue weighted by atomic mass is 9.57. The summed E-state index contributed by atoms with van der Waals surface area (Å²) in [6.45, 7) is 0.269. The fourth-order valence-corrected chi connectivity index (χ4v) is 2.30. The summed E-state index contributed by atoms with van der Waals surface area (Å²) in [5.41, 5.74) is 3.42. The molecule has 1 N–H and O–H groups in total. The molecule has 0 bridgehead atoms. The molecule has 0 atom stereocenters. The highest BCUT2D eigenvalue weighted by atomic mass is 16.5. The van der Waals surface area contributed by atoms with Crippen LogP contribution in [0.25, 0.3) is 6.08 Å². The molecular weight excluding hydrogens is 257 g/mol. The third-order valence-electron chi connectivity index (χ3n) is 3.45. The van der Waals surface area contributed by atoms with E-state index in [4.69, 9.17) is 4.74 Å². The van der Waals surface area contributed by atoms with E-state index < -0.39 is 0 Å². The smallest absolute Gasteiger partial charge is 0.291 e. The molecule has 0 saturated heterocycles. The van der Waals surface area contributed by atoms with Crippen molar-refractivity contribution < 1.29 is 4.74 Å². The zero-order valence-electron chi connectivity index (χ0n) is 12.0. The van der Waals surface area contributed by atoms with Crippen molar-refractivity contribution in [3.05, 3.63) is 65.6 Å². The van der Waals surface area contributed by atoms with E-state index in [1.54, 1.807) is 7.11 Å².